The smallest absolute Gasteiger partial charge is 0.306 e. The number of likely N-dealkylation sites (N-methyl/N-ethyl adjacent to an activating group) is 1. The molecule has 2 unspecified atom stereocenters. The van der Waals surface area contributed by atoms with E-state index in [1.807, 2.05) is 14.0 Å². The summed E-state index contributed by atoms with van der Waals surface area (Å²) in [6.45, 7) is 6.86. The highest BCUT2D eigenvalue weighted by atomic mass is 16.6. The fourth-order valence-electron chi connectivity index (χ4n) is 3.75. The quantitative estimate of drug-likeness (QED) is 0.633. The number of esters is 2. The number of fused-ring (bicyclic) bond motifs is 1. The number of nitrogens with zero attached hydrogens (tertiary/aromatic N) is 1. The summed E-state index contributed by atoms with van der Waals surface area (Å²) in [4.78, 5) is 26.8. The molecule has 2 rings (SSSR count). The average molecular weight is 339 g/mol. The normalized spacial score (nSPS) is 33.8. The summed E-state index contributed by atoms with van der Waals surface area (Å²) < 4.78 is 11.8. The van der Waals surface area contributed by atoms with E-state index < -0.39 is 11.1 Å². The SMILES string of the molecule is CN1CCC2OC(=O)CCCCCCCCC(=O)OC2(C)C1(C)C. The number of piperidine rings is 1. The molecule has 0 spiro atoms. The average Bonchev–Trinajstić information content (AvgIpc) is 2.51. The van der Waals surface area contributed by atoms with Gasteiger partial charge in [-0.05, 0) is 40.7 Å². The molecule has 0 radical (unpaired) electrons. The van der Waals surface area contributed by atoms with Crippen LogP contribution in [-0.4, -0.2) is 47.7 Å². The zero-order valence-electron chi connectivity index (χ0n) is 15.7. The number of hydrogen-bond acceptors (Lipinski definition) is 5. The topological polar surface area (TPSA) is 55.8 Å². The van der Waals surface area contributed by atoms with Gasteiger partial charge in [-0.15, -0.1) is 0 Å². The van der Waals surface area contributed by atoms with Crippen LogP contribution in [0.5, 0.6) is 0 Å². The maximum absolute atomic E-state index is 12.4. The van der Waals surface area contributed by atoms with E-state index >= 15 is 0 Å². The molecule has 0 amide bonds. The highest BCUT2D eigenvalue weighted by Crippen LogP contribution is 2.41. The van der Waals surface area contributed by atoms with E-state index in [9.17, 15) is 9.59 Å². The predicted molar refractivity (Wildman–Crippen MR) is 92.6 cm³/mol. The first-order chi connectivity index (χ1) is 11.3. The Kier molecular flexibility index (Phi) is 6.29. The molecule has 0 aromatic rings. The van der Waals surface area contributed by atoms with Gasteiger partial charge in [-0.1, -0.05) is 25.7 Å². The Labute approximate surface area is 146 Å². The van der Waals surface area contributed by atoms with Crippen molar-refractivity contribution >= 4 is 11.9 Å². The van der Waals surface area contributed by atoms with Crippen LogP contribution in [0, 0.1) is 0 Å². The summed E-state index contributed by atoms with van der Waals surface area (Å²) in [5.74, 6) is -0.348. The van der Waals surface area contributed by atoms with Gasteiger partial charge in [0.15, 0.2) is 5.60 Å². The molecular weight excluding hydrogens is 306 g/mol. The Balaban J connectivity index is 2.22. The van der Waals surface area contributed by atoms with Gasteiger partial charge >= 0.3 is 11.9 Å². The first kappa shape index (κ1) is 19.2. The van der Waals surface area contributed by atoms with Gasteiger partial charge in [0, 0.05) is 25.8 Å². The van der Waals surface area contributed by atoms with Crippen molar-refractivity contribution in [1.82, 2.24) is 4.90 Å². The summed E-state index contributed by atoms with van der Waals surface area (Å²) in [6.07, 6.45) is 7.27. The van der Waals surface area contributed by atoms with E-state index in [1.54, 1.807) is 0 Å². The van der Waals surface area contributed by atoms with Crippen molar-refractivity contribution in [2.45, 2.75) is 95.8 Å². The van der Waals surface area contributed by atoms with Crippen molar-refractivity contribution in [1.29, 1.82) is 0 Å². The first-order valence-corrected chi connectivity index (χ1v) is 9.40. The van der Waals surface area contributed by atoms with Gasteiger partial charge in [-0.2, -0.15) is 0 Å². The predicted octanol–water partition coefficient (Wildman–Crippen LogP) is 3.45. The Bertz CT molecular complexity index is 462. The number of likely N-dealkylation sites (tertiary alicyclic amines) is 1. The minimum absolute atomic E-state index is 0.167. The molecule has 2 saturated heterocycles. The van der Waals surface area contributed by atoms with E-state index in [4.69, 9.17) is 9.47 Å². The zero-order chi connectivity index (χ0) is 17.8. The van der Waals surface area contributed by atoms with E-state index in [2.05, 4.69) is 18.7 Å². The standard InChI is InChI=1S/C19H33NO4/c1-18(2)19(3)15(13-14-20(18)4)23-16(21)11-9-7-5-6-8-10-12-17(22)24-19/h15H,5-14H2,1-4H3. The highest BCUT2D eigenvalue weighted by Gasteiger charge is 2.56. The van der Waals surface area contributed by atoms with E-state index in [0.717, 1.165) is 45.1 Å². The second-order valence-corrected chi connectivity index (χ2v) is 7.95. The van der Waals surface area contributed by atoms with Crippen molar-refractivity contribution in [3.63, 3.8) is 0 Å². The summed E-state index contributed by atoms with van der Waals surface area (Å²) in [7, 11) is 2.03. The van der Waals surface area contributed by atoms with Crippen LogP contribution in [0.1, 0.15) is 78.6 Å². The lowest BCUT2D eigenvalue weighted by Crippen LogP contribution is -2.69. The van der Waals surface area contributed by atoms with Gasteiger partial charge < -0.3 is 9.47 Å². The van der Waals surface area contributed by atoms with Crippen LogP contribution >= 0.6 is 0 Å². The molecule has 2 atom stereocenters. The molecule has 2 aliphatic heterocycles. The summed E-state index contributed by atoms with van der Waals surface area (Å²) >= 11 is 0. The third-order valence-electron chi connectivity index (χ3n) is 6.12. The van der Waals surface area contributed by atoms with Crippen LogP contribution < -0.4 is 0 Å². The Morgan fingerprint density at radius 2 is 1.46 bits per heavy atom. The number of carbonyl (C=O) groups is 2. The van der Waals surface area contributed by atoms with Crippen molar-refractivity contribution < 1.29 is 19.1 Å². The third-order valence-corrected chi connectivity index (χ3v) is 6.12. The van der Waals surface area contributed by atoms with E-state index in [1.165, 1.54) is 0 Å². The van der Waals surface area contributed by atoms with Crippen LogP contribution in [0.2, 0.25) is 0 Å². The lowest BCUT2D eigenvalue weighted by atomic mass is 9.74. The van der Waals surface area contributed by atoms with E-state index in [-0.39, 0.29) is 18.0 Å². The molecule has 5 heteroatoms. The lowest BCUT2D eigenvalue weighted by molar-refractivity contribution is -0.221. The summed E-state index contributed by atoms with van der Waals surface area (Å²) in [6, 6.07) is 0. The molecule has 0 bridgehead atoms. The van der Waals surface area contributed by atoms with Gasteiger partial charge in [0.05, 0.1) is 5.54 Å². The Morgan fingerprint density at radius 3 is 2.08 bits per heavy atom. The molecule has 24 heavy (non-hydrogen) atoms. The molecule has 0 aromatic carbocycles. The van der Waals surface area contributed by atoms with Gasteiger partial charge in [0.25, 0.3) is 0 Å². The number of carbonyl (C=O) groups excluding carboxylic acids is 2. The lowest BCUT2D eigenvalue weighted by Gasteiger charge is -2.55. The minimum atomic E-state index is -0.836. The molecule has 0 saturated carbocycles. The van der Waals surface area contributed by atoms with Crippen molar-refractivity contribution in [2.24, 2.45) is 0 Å². The highest BCUT2D eigenvalue weighted by molar-refractivity contribution is 5.71. The number of rotatable bonds is 0. The summed E-state index contributed by atoms with van der Waals surface area (Å²) in [5, 5.41) is 0. The molecule has 0 aliphatic carbocycles. The van der Waals surface area contributed by atoms with Crippen molar-refractivity contribution in [2.75, 3.05) is 13.6 Å². The molecular formula is C19H33NO4. The van der Waals surface area contributed by atoms with Crippen molar-refractivity contribution in [3.8, 4) is 0 Å². The van der Waals surface area contributed by atoms with Crippen LogP contribution in [0.4, 0.5) is 0 Å². The van der Waals surface area contributed by atoms with Crippen LogP contribution in [0.15, 0.2) is 0 Å². The molecule has 5 nitrogen and oxygen atoms in total. The van der Waals surface area contributed by atoms with Gasteiger partial charge in [-0.25, -0.2) is 0 Å². The maximum Gasteiger partial charge on any atom is 0.306 e. The maximum atomic E-state index is 12.4. The summed E-state index contributed by atoms with van der Waals surface area (Å²) in [5.41, 5.74) is -1.24. The molecule has 2 aliphatic rings. The fraction of sp³-hybridized carbons (Fsp3) is 0.895. The van der Waals surface area contributed by atoms with Crippen LogP contribution in [0.25, 0.3) is 0 Å². The second-order valence-electron chi connectivity index (χ2n) is 7.95. The zero-order valence-corrected chi connectivity index (χ0v) is 15.7. The van der Waals surface area contributed by atoms with Gasteiger partial charge in [-0.3, -0.25) is 14.5 Å². The molecule has 0 N–H and O–H groups in total. The molecule has 2 fully saturated rings. The Hall–Kier alpha value is -1.10. The third kappa shape index (κ3) is 4.11. The van der Waals surface area contributed by atoms with E-state index in [0.29, 0.717) is 19.3 Å². The second kappa shape index (κ2) is 7.85. The van der Waals surface area contributed by atoms with Crippen LogP contribution in [0.3, 0.4) is 0 Å². The number of hydrogen-bond donors (Lipinski definition) is 0. The molecule has 2 heterocycles. The largest absolute Gasteiger partial charge is 0.458 e. The van der Waals surface area contributed by atoms with Gasteiger partial charge in [0.2, 0.25) is 0 Å². The molecule has 138 valence electrons. The molecule has 0 aromatic heterocycles. The van der Waals surface area contributed by atoms with Crippen LogP contribution in [-0.2, 0) is 19.1 Å². The minimum Gasteiger partial charge on any atom is -0.458 e. The monoisotopic (exact) mass is 339 g/mol. The Morgan fingerprint density at radius 1 is 0.917 bits per heavy atom. The van der Waals surface area contributed by atoms with Gasteiger partial charge in [0.1, 0.15) is 6.10 Å². The fourth-order valence-corrected chi connectivity index (χ4v) is 3.75. The van der Waals surface area contributed by atoms with Crippen molar-refractivity contribution in [3.05, 3.63) is 0 Å². The number of ether oxygens (including phenoxy) is 2. The first-order valence-electron chi connectivity index (χ1n) is 9.40.